The minimum Gasteiger partial charge on any atom is -0.389 e. The maximum atomic E-state index is 10.4. The maximum Gasteiger partial charge on any atom is 0.0746 e. The highest BCUT2D eigenvalue weighted by Crippen LogP contribution is 2.23. The summed E-state index contributed by atoms with van der Waals surface area (Å²) in [5, 5.41) is 13.9. The third kappa shape index (κ3) is 4.92. The molecule has 2 N–H and O–H groups in total. The largest absolute Gasteiger partial charge is 0.389 e. The second-order valence-electron chi connectivity index (χ2n) is 6.99. The molecule has 0 spiro atoms. The average Bonchev–Trinajstić information content (AvgIpc) is 2.29. The van der Waals surface area contributed by atoms with Crippen molar-refractivity contribution in [3.63, 3.8) is 0 Å². The molecule has 0 aliphatic rings. The van der Waals surface area contributed by atoms with E-state index in [9.17, 15) is 5.11 Å². The molecule has 0 amide bonds. The third-order valence-electron chi connectivity index (χ3n) is 3.99. The van der Waals surface area contributed by atoms with Crippen molar-refractivity contribution in [2.24, 2.45) is 5.92 Å². The van der Waals surface area contributed by atoms with Gasteiger partial charge in [0, 0.05) is 12.6 Å². The van der Waals surface area contributed by atoms with E-state index in [4.69, 9.17) is 0 Å². The van der Waals surface area contributed by atoms with Gasteiger partial charge in [0.1, 0.15) is 0 Å². The molecule has 2 nitrogen and oxygen atoms in total. The SMILES string of the molecule is Cc1cc(C)c(C(C)NCC(C)(O)CC(C)C)cc1C. The molecule has 0 bridgehead atoms. The predicted molar refractivity (Wildman–Crippen MR) is 87.1 cm³/mol. The van der Waals surface area contributed by atoms with Crippen LogP contribution in [0.3, 0.4) is 0 Å². The first kappa shape index (κ1) is 17.2. The van der Waals surface area contributed by atoms with Gasteiger partial charge in [-0.1, -0.05) is 26.0 Å². The van der Waals surface area contributed by atoms with Gasteiger partial charge in [0.2, 0.25) is 0 Å². The molecule has 0 aromatic heterocycles. The van der Waals surface area contributed by atoms with E-state index < -0.39 is 5.60 Å². The highest BCUT2D eigenvalue weighted by molar-refractivity contribution is 5.38. The molecule has 0 saturated carbocycles. The van der Waals surface area contributed by atoms with Crippen molar-refractivity contribution in [2.75, 3.05) is 6.54 Å². The van der Waals surface area contributed by atoms with E-state index >= 15 is 0 Å². The molecule has 2 unspecified atom stereocenters. The quantitative estimate of drug-likeness (QED) is 0.822. The molecule has 1 aromatic carbocycles. The summed E-state index contributed by atoms with van der Waals surface area (Å²) in [6.07, 6.45) is 0.818. The Morgan fingerprint density at radius 1 is 1.05 bits per heavy atom. The molecule has 0 saturated heterocycles. The molecule has 0 heterocycles. The summed E-state index contributed by atoms with van der Waals surface area (Å²) in [7, 11) is 0. The summed E-state index contributed by atoms with van der Waals surface area (Å²) in [6, 6.07) is 4.77. The fraction of sp³-hybridized carbons (Fsp3) is 0.667. The van der Waals surface area contributed by atoms with Crippen LogP contribution in [0, 0.1) is 26.7 Å². The van der Waals surface area contributed by atoms with Crippen molar-refractivity contribution >= 4 is 0 Å². The Morgan fingerprint density at radius 3 is 2.15 bits per heavy atom. The Bertz CT molecular complexity index is 449. The van der Waals surface area contributed by atoms with E-state index in [2.05, 4.69) is 59.0 Å². The number of hydrogen-bond acceptors (Lipinski definition) is 2. The van der Waals surface area contributed by atoms with E-state index in [-0.39, 0.29) is 6.04 Å². The van der Waals surface area contributed by atoms with Crippen LogP contribution in [-0.2, 0) is 0 Å². The lowest BCUT2D eigenvalue weighted by atomic mass is 9.93. The van der Waals surface area contributed by atoms with Crippen molar-refractivity contribution in [1.82, 2.24) is 5.32 Å². The van der Waals surface area contributed by atoms with E-state index in [1.165, 1.54) is 22.3 Å². The smallest absolute Gasteiger partial charge is 0.0746 e. The zero-order valence-electron chi connectivity index (χ0n) is 14.2. The summed E-state index contributed by atoms with van der Waals surface area (Å²) in [5.41, 5.74) is 4.67. The van der Waals surface area contributed by atoms with Gasteiger partial charge in [0.25, 0.3) is 0 Å². The Labute approximate surface area is 124 Å². The molecule has 0 aliphatic heterocycles. The van der Waals surface area contributed by atoms with Crippen molar-refractivity contribution in [3.8, 4) is 0 Å². The number of aliphatic hydroxyl groups is 1. The van der Waals surface area contributed by atoms with Crippen molar-refractivity contribution in [3.05, 3.63) is 34.4 Å². The molecule has 20 heavy (non-hydrogen) atoms. The van der Waals surface area contributed by atoms with Gasteiger partial charge >= 0.3 is 0 Å². The number of hydrogen-bond donors (Lipinski definition) is 2. The average molecular weight is 277 g/mol. The van der Waals surface area contributed by atoms with Gasteiger partial charge in [-0.3, -0.25) is 0 Å². The topological polar surface area (TPSA) is 32.3 Å². The number of nitrogens with one attached hydrogen (secondary N) is 1. The van der Waals surface area contributed by atoms with Crippen LogP contribution < -0.4 is 5.32 Å². The van der Waals surface area contributed by atoms with Crippen LogP contribution in [0.4, 0.5) is 0 Å². The summed E-state index contributed by atoms with van der Waals surface area (Å²) >= 11 is 0. The number of rotatable bonds is 6. The first-order valence-corrected chi connectivity index (χ1v) is 7.66. The fourth-order valence-corrected chi connectivity index (χ4v) is 2.88. The zero-order valence-corrected chi connectivity index (χ0v) is 14.2. The van der Waals surface area contributed by atoms with Crippen LogP contribution in [-0.4, -0.2) is 17.3 Å². The van der Waals surface area contributed by atoms with Gasteiger partial charge in [-0.05, 0) is 69.2 Å². The molecular formula is C18H31NO. The second-order valence-corrected chi connectivity index (χ2v) is 6.99. The minimum atomic E-state index is -0.643. The summed E-state index contributed by atoms with van der Waals surface area (Å²) in [4.78, 5) is 0. The summed E-state index contributed by atoms with van der Waals surface area (Å²) < 4.78 is 0. The lowest BCUT2D eigenvalue weighted by molar-refractivity contribution is 0.0363. The van der Waals surface area contributed by atoms with Gasteiger partial charge in [-0.2, -0.15) is 0 Å². The molecule has 2 atom stereocenters. The first-order valence-electron chi connectivity index (χ1n) is 7.66. The maximum absolute atomic E-state index is 10.4. The van der Waals surface area contributed by atoms with Crippen LogP contribution in [0.5, 0.6) is 0 Å². The Hall–Kier alpha value is -0.860. The van der Waals surface area contributed by atoms with Gasteiger partial charge in [-0.25, -0.2) is 0 Å². The van der Waals surface area contributed by atoms with Crippen molar-refractivity contribution in [1.29, 1.82) is 0 Å². The number of aryl methyl sites for hydroxylation is 3. The molecule has 0 radical (unpaired) electrons. The van der Waals surface area contributed by atoms with E-state index in [0.717, 1.165) is 6.42 Å². The van der Waals surface area contributed by atoms with Crippen molar-refractivity contribution < 1.29 is 5.11 Å². The molecule has 114 valence electrons. The molecular weight excluding hydrogens is 246 g/mol. The monoisotopic (exact) mass is 277 g/mol. The van der Waals surface area contributed by atoms with Gasteiger partial charge in [-0.15, -0.1) is 0 Å². The second kappa shape index (κ2) is 6.73. The summed E-state index contributed by atoms with van der Waals surface area (Å²) in [6.45, 7) is 15.5. The normalized spacial score (nSPS) is 16.2. The molecule has 0 fully saturated rings. The Balaban J connectivity index is 2.72. The van der Waals surface area contributed by atoms with Crippen LogP contribution >= 0.6 is 0 Å². The highest BCUT2D eigenvalue weighted by atomic mass is 16.3. The molecule has 0 aliphatic carbocycles. The first-order chi connectivity index (χ1) is 9.12. The van der Waals surface area contributed by atoms with Gasteiger partial charge in [0.05, 0.1) is 5.60 Å². The fourth-order valence-electron chi connectivity index (χ4n) is 2.88. The van der Waals surface area contributed by atoms with Crippen LogP contribution in [0.1, 0.15) is 62.4 Å². The predicted octanol–water partition coefficient (Wildman–Crippen LogP) is 4.06. The molecule has 1 rings (SSSR count). The Kier molecular flexibility index (Phi) is 5.79. The van der Waals surface area contributed by atoms with Crippen LogP contribution in [0.2, 0.25) is 0 Å². The van der Waals surface area contributed by atoms with Crippen molar-refractivity contribution in [2.45, 2.75) is 66.5 Å². The van der Waals surface area contributed by atoms with Crippen LogP contribution in [0.15, 0.2) is 12.1 Å². The zero-order chi connectivity index (χ0) is 15.5. The minimum absolute atomic E-state index is 0.257. The van der Waals surface area contributed by atoms with E-state index in [1.807, 2.05) is 6.92 Å². The highest BCUT2D eigenvalue weighted by Gasteiger charge is 2.22. The standard InChI is InChI=1S/C18H31NO/c1-12(2)10-18(7,20)11-19-16(6)17-9-14(4)13(3)8-15(17)5/h8-9,12,16,19-20H,10-11H2,1-7H3. The van der Waals surface area contributed by atoms with Gasteiger partial charge < -0.3 is 10.4 Å². The molecule has 1 aromatic rings. The number of benzene rings is 1. The molecule has 2 heteroatoms. The third-order valence-corrected chi connectivity index (χ3v) is 3.99. The summed E-state index contributed by atoms with van der Waals surface area (Å²) in [5.74, 6) is 0.505. The lowest BCUT2D eigenvalue weighted by Gasteiger charge is -2.28. The van der Waals surface area contributed by atoms with Gasteiger partial charge in [0.15, 0.2) is 0 Å². The lowest BCUT2D eigenvalue weighted by Crippen LogP contribution is -2.40. The van der Waals surface area contributed by atoms with E-state index in [0.29, 0.717) is 12.5 Å². The van der Waals surface area contributed by atoms with Crippen LogP contribution in [0.25, 0.3) is 0 Å². The van der Waals surface area contributed by atoms with E-state index in [1.54, 1.807) is 0 Å². The Morgan fingerprint density at radius 2 is 1.60 bits per heavy atom.